The minimum Gasteiger partial charge on any atom is -0.326 e. The molecule has 0 aliphatic heterocycles. The number of hydrogen-bond acceptors (Lipinski definition) is 4. The maximum absolute atomic E-state index is 12.0. The lowest BCUT2D eigenvalue weighted by atomic mass is 10.1. The van der Waals surface area contributed by atoms with Gasteiger partial charge in [-0.1, -0.05) is 12.1 Å². The van der Waals surface area contributed by atoms with Gasteiger partial charge in [-0.15, -0.1) is 0 Å². The van der Waals surface area contributed by atoms with Crippen LogP contribution in [-0.2, 0) is 23.1 Å². The van der Waals surface area contributed by atoms with Crippen molar-refractivity contribution in [3.05, 3.63) is 41.6 Å². The largest absolute Gasteiger partial charge is 0.326 e. The number of rotatable bonds is 4. The minimum absolute atomic E-state index is 0.147. The van der Waals surface area contributed by atoms with Crippen LogP contribution in [0.4, 0.5) is 11.5 Å². The first-order valence-electron chi connectivity index (χ1n) is 6.58. The molecule has 2 N–H and O–H groups in total. The maximum Gasteiger partial charge on any atom is 0.229 e. The molecule has 7 nitrogen and oxygen atoms in total. The lowest BCUT2D eigenvalue weighted by molar-refractivity contribution is -0.116. The summed E-state index contributed by atoms with van der Waals surface area (Å²) in [6, 6.07) is 8.96. The lowest BCUT2D eigenvalue weighted by Crippen LogP contribution is -2.17. The fourth-order valence-electron chi connectivity index (χ4n) is 1.94. The molecule has 0 aliphatic rings. The van der Waals surface area contributed by atoms with Crippen LogP contribution in [0.5, 0.6) is 0 Å². The summed E-state index contributed by atoms with van der Waals surface area (Å²) in [6.45, 7) is 1.43. The number of aromatic nitrogens is 2. The Balaban J connectivity index is 2.01. The highest BCUT2D eigenvalue weighted by Crippen LogP contribution is 2.14. The molecular formula is C15H15N5O2. The standard InChI is InChI=1S/C15H15N5O2/c1-10(21)18-13-5-3-11(4-6-13)7-14(22)19-15-12(8-16)9-17-20(15)2/h3-6,9H,7H2,1-2H3,(H,18,21)(H,19,22). The van der Waals surface area contributed by atoms with Gasteiger partial charge in [0.05, 0.1) is 12.6 Å². The molecule has 0 saturated carbocycles. The van der Waals surface area contributed by atoms with Gasteiger partial charge in [-0.25, -0.2) is 0 Å². The number of benzene rings is 1. The maximum atomic E-state index is 12.0. The van der Waals surface area contributed by atoms with Crippen molar-refractivity contribution < 1.29 is 9.59 Å². The van der Waals surface area contributed by atoms with Crippen LogP contribution in [0.15, 0.2) is 30.5 Å². The van der Waals surface area contributed by atoms with Crippen molar-refractivity contribution in [1.82, 2.24) is 9.78 Å². The van der Waals surface area contributed by atoms with Gasteiger partial charge in [0.2, 0.25) is 11.8 Å². The number of carbonyl (C=O) groups is 2. The predicted octanol–water partition coefficient (Wildman–Crippen LogP) is 1.43. The Kier molecular flexibility index (Phi) is 4.53. The molecule has 2 aromatic rings. The third kappa shape index (κ3) is 3.70. The van der Waals surface area contributed by atoms with E-state index in [1.807, 2.05) is 6.07 Å². The molecule has 1 heterocycles. The summed E-state index contributed by atoms with van der Waals surface area (Å²) in [7, 11) is 1.65. The van der Waals surface area contributed by atoms with Crippen LogP contribution < -0.4 is 10.6 Å². The Bertz CT molecular complexity index is 740. The van der Waals surface area contributed by atoms with Crippen molar-refractivity contribution in [1.29, 1.82) is 5.26 Å². The van der Waals surface area contributed by atoms with E-state index in [9.17, 15) is 9.59 Å². The minimum atomic E-state index is -0.243. The van der Waals surface area contributed by atoms with E-state index in [0.717, 1.165) is 5.56 Å². The number of carbonyl (C=O) groups excluding carboxylic acids is 2. The summed E-state index contributed by atoms with van der Waals surface area (Å²) in [5, 5.41) is 18.2. The quantitative estimate of drug-likeness (QED) is 0.891. The summed E-state index contributed by atoms with van der Waals surface area (Å²) in [4.78, 5) is 23.0. The van der Waals surface area contributed by atoms with Crippen molar-refractivity contribution in [2.45, 2.75) is 13.3 Å². The smallest absolute Gasteiger partial charge is 0.229 e. The predicted molar refractivity (Wildman–Crippen MR) is 81.0 cm³/mol. The molecule has 2 rings (SSSR count). The number of hydrogen-bond donors (Lipinski definition) is 2. The fourth-order valence-corrected chi connectivity index (χ4v) is 1.94. The molecule has 1 aromatic carbocycles. The van der Waals surface area contributed by atoms with E-state index in [-0.39, 0.29) is 18.2 Å². The van der Waals surface area contributed by atoms with Gasteiger partial charge in [-0.05, 0) is 17.7 Å². The van der Waals surface area contributed by atoms with E-state index in [4.69, 9.17) is 5.26 Å². The Morgan fingerprint density at radius 1 is 1.27 bits per heavy atom. The summed E-state index contributed by atoms with van der Waals surface area (Å²) in [5.74, 6) is -0.0134. The molecule has 2 amide bonds. The fraction of sp³-hybridized carbons (Fsp3) is 0.200. The van der Waals surface area contributed by atoms with Crippen molar-refractivity contribution in [2.75, 3.05) is 10.6 Å². The number of aryl methyl sites for hydroxylation is 1. The monoisotopic (exact) mass is 297 g/mol. The molecule has 7 heteroatoms. The Hall–Kier alpha value is -3.14. The van der Waals surface area contributed by atoms with Gasteiger partial charge in [-0.3, -0.25) is 14.3 Å². The number of nitrogens with zero attached hydrogens (tertiary/aromatic N) is 3. The second kappa shape index (κ2) is 6.54. The van der Waals surface area contributed by atoms with Crippen LogP contribution in [0.2, 0.25) is 0 Å². The summed E-state index contributed by atoms with van der Waals surface area (Å²) < 4.78 is 1.44. The Morgan fingerprint density at radius 3 is 2.55 bits per heavy atom. The zero-order valence-corrected chi connectivity index (χ0v) is 12.3. The third-order valence-corrected chi connectivity index (χ3v) is 2.96. The molecule has 0 atom stereocenters. The van der Waals surface area contributed by atoms with Gasteiger partial charge in [0, 0.05) is 19.7 Å². The molecule has 1 aromatic heterocycles. The van der Waals surface area contributed by atoms with Gasteiger partial charge >= 0.3 is 0 Å². The van der Waals surface area contributed by atoms with Gasteiger partial charge in [0.15, 0.2) is 0 Å². The van der Waals surface area contributed by atoms with Gasteiger partial charge < -0.3 is 10.6 Å². The molecule has 112 valence electrons. The number of nitrogens with one attached hydrogen (secondary N) is 2. The molecule has 22 heavy (non-hydrogen) atoms. The molecule has 0 saturated heterocycles. The van der Waals surface area contributed by atoms with Crippen LogP contribution >= 0.6 is 0 Å². The second-order valence-electron chi connectivity index (χ2n) is 4.75. The summed E-state index contributed by atoms with van der Waals surface area (Å²) >= 11 is 0. The SMILES string of the molecule is CC(=O)Nc1ccc(CC(=O)Nc2c(C#N)cnn2C)cc1. The average molecular weight is 297 g/mol. The molecule has 0 radical (unpaired) electrons. The molecule has 0 spiro atoms. The van der Waals surface area contributed by atoms with E-state index >= 15 is 0 Å². The van der Waals surface area contributed by atoms with Crippen LogP contribution in [0.1, 0.15) is 18.1 Å². The van der Waals surface area contributed by atoms with Crippen molar-refractivity contribution >= 4 is 23.3 Å². The van der Waals surface area contributed by atoms with Gasteiger partial charge in [-0.2, -0.15) is 10.4 Å². The number of nitriles is 1. The first-order chi connectivity index (χ1) is 10.5. The second-order valence-corrected chi connectivity index (χ2v) is 4.75. The van der Waals surface area contributed by atoms with Crippen LogP contribution in [0.3, 0.4) is 0 Å². The molecule has 0 bridgehead atoms. The number of amides is 2. The van der Waals surface area contributed by atoms with E-state index in [2.05, 4.69) is 15.7 Å². The zero-order valence-electron chi connectivity index (χ0n) is 12.3. The third-order valence-electron chi connectivity index (χ3n) is 2.96. The molecule has 0 aliphatic carbocycles. The zero-order chi connectivity index (χ0) is 16.1. The highest BCUT2D eigenvalue weighted by Gasteiger charge is 2.12. The first kappa shape index (κ1) is 15.3. The van der Waals surface area contributed by atoms with Crippen LogP contribution in [0.25, 0.3) is 0 Å². The van der Waals surface area contributed by atoms with Crippen molar-refractivity contribution in [3.63, 3.8) is 0 Å². The van der Waals surface area contributed by atoms with Crippen molar-refractivity contribution in [3.8, 4) is 6.07 Å². The Labute approximate surface area is 127 Å². The summed E-state index contributed by atoms with van der Waals surface area (Å²) in [5.41, 5.74) is 1.79. The average Bonchev–Trinajstić information content (AvgIpc) is 2.81. The number of anilines is 2. The lowest BCUT2D eigenvalue weighted by Gasteiger charge is -2.07. The topological polar surface area (TPSA) is 99.8 Å². The van der Waals surface area contributed by atoms with E-state index in [1.54, 1.807) is 31.3 Å². The van der Waals surface area contributed by atoms with Crippen LogP contribution in [-0.4, -0.2) is 21.6 Å². The Morgan fingerprint density at radius 2 is 1.95 bits per heavy atom. The van der Waals surface area contributed by atoms with Gasteiger partial charge in [0.25, 0.3) is 0 Å². The van der Waals surface area contributed by atoms with Gasteiger partial charge in [0.1, 0.15) is 17.5 Å². The van der Waals surface area contributed by atoms with E-state index in [0.29, 0.717) is 17.1 Å². The molecule has 0 fully saturated rings. The van der Waals surface area contributed by atoms with Crippen molar-refractivity contribution in [2.24, 2.45) is 7.05 Å². The molecule has 0 unspecified atom stereocenters. The highest BCUT2D eigenvalue weighted by molar-refractivity contribution is 5.93. The normalized spacial score (nSPS) is 9.86. The van der Waals surface area contributed by atoms with Crippen LogP contribution in [0, 0.1) is 11.3 Å². The highest BCUT2D eigenvalue weighted by atomic mass is 16.2. The summed E-state index contributed by atoms with van der Waals surface area (Å²) in [6.07, 6.45) is 1.56. The van der Waals surface area contributed by atoms with E-state index in [1.165, 1.54) is 17.8 Å². The van der Waals surface area contributed by atoms with E-state index < -0.39 is 0 Å². The first-order valence-corrected chi connectivity index (χ1v) is 6.58. The molecular weight excluding hydrogens is 282 g/mol.